The lowest BCUT2D eigenvalue weighted by Crippen LogP contribution is -2.30. The van der Waals surface area contributed by atoms with Gasteiger partial charge in [-0.15, -0.1) is 11.3 Å². The summed E-state index contributed by atoms with van der Waals surface area (Å²) in [6.07, 6.45) is 3.04. The maximum Gasteiger partial charge on any atom is 0.349 e. The average molecular weight is 404 g/mol. The first-order valence-electron chi connectivity index (χ1n) is 8.85. The number of fused-ring (bicyclic) bond motifs is 1. The molecule has 0 aliphatic heterocycles. The first-order chi connectivity index (χ1) is 13.4. The number of hydrogen-bond donors (Lipinski definition) is 1. The SMILES string of the molecule is COc1ccc(NC(=O)[C@H](C)OC(=O)c2cc3c(s2)CCCC3)c([N+](=O)[O-])c1. The molecule has 0 spiro atoms. The Morgan fingerprint density at radius 3 is 2.68 bits per heavy atom. The predicted molar refractivity (Wildman–Crippen MR) is 104 cm³/mol. The molecule has 1 N–H and O–H groups in total. The minimum absolute atomic E-state index is 0.00490. The van der Waals surface area contributed by atoms with Crippen molar-refractivity contribution >= 4 is 34.6 Å². The molecule has 8 nitrogen and oxygen atoms in total. The number of methoxy groups -OCH3 is 1. The van der Waals surface area contributed by atoms with Crippen LogP contribution >= 0.6 is 11.3 Å². The van der Waals surface area contributed by atoms with Crippen LogP contribution in [0.3, 0.4) is 0 Å². The van der Waals surface area contributed by atoms with E-state index in [2.05, 4.69) is 5.32 Å². The van der Waals surface area contributed by atoms with Crippen LogP contribution in [0.15, 0.2) is 24.3 Å². The lowest BCUT2D eigenvalue weighted by atomic mass is 9.99. The maximum atomic E-state index is 12.4. The molecule has 1 heterocycles. The topological polar surface area (TPSA) is 108 Å². The molecule has 0 radical (unpaired) electrons. The number of nitro benzene ring substituents is 1. The van der Waals surface area contributed by atoms with Gasteiger partial charge < -0.3 is 14.8 Å². The highest BCUT2D eigenvalue weighted by atomic mass is 32.1. The zero-order chi connectivity index (χ0) is 20.3. The van der Waals surface area contributed by atoms with Crippen molar-refractivity contribution < 1.29 is 24.0 Å². The molecule has 1 aromatic heterocycles. The van der Waals surface area contributed by atoms with E-state index in [4.69, 9.17) is 9.47 Å². The average Bonchev–Trinajstić information content (AvgIpc) is 3.12. The minimum Gasteiger partial charge on any atom is -0.496 e. The van der Waals surface area contributed by atoms with Gasteiger partial charge in [-0.05, 0) is 56.4 Å². The Balaban J connectivity index is 1.67. The third kappa shape index (κ3) is 4.30. The number of carbonyl (C=O) groups excluding carboxylic acids is 2. The predicted octanol–water partition coefficient (Wildman–Crippen LogP) is 3.73. The zero-order valence-corrected chi connectivity index (χ0v) is 16.3. The molecule has 1 atom stereocenters. The number of nitrogens with zero attached hydrogens (tertiary/aromatic N) is 1. The van der Waals surface area contributed by atoms with Gasteiger partial charge in [0.25, 0.3) is 11.6 Å². The number of aryl methyl sites for hydroxylation is 2. The van der Waals surface area contributed by atoms with E-state index in [0.717, 1.165) is 25.7 Å². The van der Waals surface area contributed by atoms with Crippen LogP contribution in [-0.4, -0.2) is 30.0 Å². The molecule has 9 heteroatoms. The van der Waals surface area contributed by atoms with Gasteiger partial charge in [0.05, 0.1) is 18.1 Å². The van der Waals surface area contributed by atoms with Gasteiger partial charge in [-0.3, -0.25) is 14.9 Å². The van der Waals surface area contributed by atoms with Crippen molar-refractivity contribution in [2.75, 3.05) is 12.4 Å². The number of carbonyl (C=O) groups is 2. The van der Waals surface area contributed by atoms with E-state index >= 15 is 0 Å². The lowest BCUT2D eigenvalue weighted by molar-refractivity contribution is -0.384. The summed E-state index contributed by atoms with van der Waals surface area (Å²) in [5, 5.41) is 13.7. The van der Waals surface area contributed by atoms with Gasteiger partial charge in [-0.25, -0.2) is 4.79 Å². The van der Waals surface area contributed by atoms with Crippen molar-refractivity contribution in [2.45, 2.75) is 38.7 Å². The number of nitrogens with one attached hydrogen (secondary N) is 1. The van der Waals surface area contributed by atoms with Crippen LogP contribution in [-0.2, 0) is 22.4 Å². The Bertz CT molecular complexity index is 900. The van der Waals surface area contributed by atoms with Gasteiger partial charge in [0.2, 0.25) is 0 Å². The van der Waals surface area contributed by atoms with Crippen molar-refractivity contribution in [3.05, 3.63) is 49.7 Å². The Hall–Kier alpha value is -2.94. The monoisotopic (exact) mass is 404 g/mol. The third-order valence-corrected chi connectivity index (χ3v) is 5.73. The first kappa shape index (κ1) is 19.8. The molecule has 0 saturated carbocycles. The van der Waals surface area contributed by atoms with Crippen molar-refractivity contribution in [1.29, 1.82) is 0 Å². The fraction of sp³-hybridized carbons (Fsp3) is 0.368. The van der Waals surface area contributed by atoms with Crippen LogP contribution in [0.5, 0.6) is 5.75 Å². The van der Waals surface area contributed by atoms with Gasteiger partial charge in [0, 0.05) is 4.88 Å². The van der Waals surface area contributed by atoms with E-state index in [0.29, 0.717) is 10.6 Å². The van der Waals surface area contributed by atoms with Gasteiger partial charge in [0.1, 0.15) is 16.3 Å². The molecule has 0 saturated heterocycles. The van der Waals surface area contributed by atoms with Crippen molar-refractivity contribution in [2.24, 2.45) is 0 Å². The smallest absolute Gasteiger partial charge is 0.349 e. The van der Waals surface area contributed by atoms with Crippen LogP contribution in [0.25, 0.3) is 0 Å². The Morgan fingerprint density at radius 1 is 1.25 bits per heavy atom. The van der Waals surface area contributed by atoms with Crippen LogP contribution in [0.2, 0.25) is 0 Å². The summed E-state index contributed by atoms with van der Waals surface area (Å²) in [4.78, 5) is 37.0. The quantitative estimate of drug-likeness (QED) is 0.446. The molecule has 0 bridgehead atoms. The van der Waals surface area contributed by atoms with E-state index in [-0.39, 0.29) is 11.4 Å². The highest BCUT2D eigenvalue weighted by Crippen LogP contribution is 2.31. The Labute approximate surface area is 165 Å². The van der Waals surface area contributed by atoms with Crippen molar-refractivity contribution in [1.82, 2.24) is 0 Å². The molecule has 0 fully saturated rings. The molecule has 1 aliphatic carbocycles. The summed E-state index contributed by atoms with van der Waals surface area (Å²) in [7, 11) is 1.39. The summed E-state index contributed by atoms with van der Waals surface area (Å²) in [5.74, 6) is -0.917. The molecule has 2 aromatic rings. The fourth-order valence-corrected chi connectivity index (χ4v) is 4.13. The minimum atomic E-state index is -1.10. The summed E-state index contributed by atoms with van der Waals surface area (Å²) >= 11 is 1.40. The third-order valence-electron chi connectivity index (χ3n) is 4.51. The van der Waals surface area contributed by atoms with Gasteiger partial charge in [0.15, 0.2) is 6.10 Å². The number of thiophene rings is 1. The molecule has 1 amide bonds. The number of amides is 1. The van der Waals surface area contributed by atoms with Crippen LogP contribution < -0.4 is 10.1 Å². The summed E-state index contributed by atoms with van der Waals surface area (Å²) < 4.78 is 10.2. The number of ether oxygens (including phenoxy) is 2. The van der Waals surface area contributed by atoms with Gasteiger partial charge in [-0.1, -0.05) is 0 Å². The number of rotatable bonds is 6. The first-order valence-corrected chi connectivity index (χ1v) is 9.66. The Morgan fingerprint density at radius 2 is 2.00 bits per heavy atom. The summed E-state index contributed by atoms with van der Waals surface area (Å²) in [6.45, 7) is 1.43. The second kappa shape index (κ2) is 8.39. The van der Waals surface area contributed by atoms with Crippen LogP contribution in [0.1, 0.15) is 39.9 Å². The second-order valence-corrected chi connectivity index (χ2v) is 7.58. The fourth-order valence-electron chi connectivity index (χ4n) is 2.99. The normalized spacial score (nSPS) is 13.9. The molecular formula is C19H20N2O6S. The number of esters is 1. The van der Waals surface area contributed by atoms with E-state index in [1.54, 1.807) is 0 Å². The largest absolute Gasteiger partial charge is 0.496 e. The van der Waals surface area contributed by atoms with E-state index in [1.165, 1.54) is 54.0 Å². The number of anilines is 1. The summed E-state index contributed by atoms with van der Waals surface area (Å²) in [5.41, 5.74) is 0.872. The van der Waals surface area contributed by atoms with Gasteiger partial charge in [-0.2, -0.15) is 0 Å². The zero-order valence-electron chi connectivity index (χ0n) is 15.5. The lowest BCUT2D eigenvalue weighted by Gasteiger charge is -2.13. The molecule has 28 heavy (non-hydrogen) atoms. The molecule has 1 aromatic carbocycles. The number of hydrogen-bond acceptors (Lipinski definition) is 7. The number of nitro groups is 1. The number of benzene rings is 1. The van der Waals surface area contributed by atoms with E-state index < -0.39 is 22.9 Å². The maximum absolute atomic E-state index is 12.4. The van der Waals surface area contributed by atoms with Crippen molar-refractivity contribution in [3.63, 3.8) is 0 Å². The van der Waals surface area contributed by atoms with E-state index in [9.17, 15) is 19.7 Å². The van der Waals surface area contributed by atoms with Crippen molar-refractivity contribution in [3.8, 4) is 5.75 Å². The summed E-state index contributed by atoms with van der Waals surface area (Å²) in [6, 6.07) is 5.91. The van der Waals surface area contributed by atoms with Gasteiger partial charge >= 0.3 is 5.97 Å². The molecular weight excluding hydrogens is 384 g/mol. The molecule has 3 rings (SSSR count). The molecule has 1 aliphatic rings. The molecule has 0 unspecified atom stereocenters. The second-order valence-electron chi connectivity index (χ2n) is 6.44. The standard InChI is InChI=1S/C19H20N2O6S/c1-11(27-19(23)17-9-12-5-3-4-6-16(12)28-17)18(22)20-14-8-7-13(26-2)10-15(14)21(24)25/h7-11H,3-6H2,1-2H3,(H,20,22)/t11-/m0/s1. The highest BCUT2D eigenvalue weighted by molar-refractivity contribution is 7.14. The van der Waals surface area contributed by atoms with E-state index in [1.807, 2.05) is 6.07 Å². The Kier molecular flexibility index (Phi) is 5.93. The molecule has 148 valence electrons. The van der Waals surface area contributed by atoms with Crippen LogP contribution in [0.4, 0.5) is 11.4 Å². The highest BCUT2D eigenvalue weighted by Gasteiger charge is 2.25. The van der Waals surface area contributed by atoms with Crippen LogP contribution in [0, 0.1) is 10.1 Å².